The number of nitrogens with zero attached hydrogens (tertiary/aromatic N) is 1. The van der Waals surface area contributed by atoms with Crippen LogP contribution in [0, 0.1) is 0 Å². The van der Waals surface area contributed by atoms with E-state index in [1.165, 1.54) is 0 Å². The largest absolute Gasteiger partial charge is 0.355 e. The second-order valence-electron chi connectivity index (χ2n) is 3.46. The Bertz CT molecular complexity index is 155. The molecule has 84 valence electrons. The number of nitrogens with one attached hydrogen (secondary N) is 1. The molecule has 0 unspecified atom stereocenters. The molecule has 0 saturated carbocycles. The molecule has 0 bridgehead atoms. The molecule has 14 heavy (non-hydrogen) atoms. The molecule has 0 rings (SSSR count). The smallest absolute Gasteiger partial charge is 0.236 e. The summed E-state index contributed by atoms with van der Waals surface area (Å²) in [4.78, 5) is 13.4. The fourth-order valence-corrected chi connectivity index (χ4v) is 1.22. The number of nitrogens with two attached hydrogens (primary N) is 1. The SMILES string of the molecule is CCN(CC)CCCNC(=O)[C@@H](C)N. The lowest BCUT2D eigenvalue weighted by Gasteiger charge is -2.17. The summed E-state index contributed by atoms with van der Waals surface area (Å²) in [6, 6.07) is -0.400. The molecule has 0 saturated heterocycles. The van der Waals surface area contributed by atoms with Crippen molar-refractivity contribution < 1.29 is 4.79 Å². The van der Waals surface area contributed by atoms with Gasteiger partial charge in [-0.3, -0.25) is 4.79 Å². The topological polar surface area (TPSA) is 58.4 Å². The zero-order valence-electron chi connectivity index (χ0n) is 9.55. The van der Waals surface area contributed by atoms with Crippen LogP contribution >= 0.6 is 0 Å². The zero-order valence-corrected chi connectivity index (χ0v) is 9.55. The summed E-state index contributed by atoms with van der Waals surface area (Å²) in [5.74, 6) is -0.0652. The Morgan fingerprint density at radius 1 is 1.43 bits per heavy atom. The van der Waals surface area contributed by atoms with Crippen LogP contribution in [0.3, 0.4) is 0 Å². The van der Waals surface area contributed by atoms with E-state index < -0.39 is 6.04 Å². The maximum atomic E-state index is 11.1. The van der Waals surface area contributed by atoms with Crippen molar-refractivity contribution >= 4 is 5.91 Å². The third kappa shape index (κ3) is 5.94. The summed E-state index contributed by atoms with van der Waals surface area (Å²) in [5.41, 5.74) is 5.41. The standard InChI is InChI=1S/C10H23N3O/c1-4-13(5-2)8-6-7-12-10(14)9(3)11/h9H,4-8,11H2,1-3H3,(H,12,14)/t9-/m1/s1. The molecular weight excluding hydrogens is 178 g/mol. The van der Waals surface area contributed by atoms with Crippen LogP contribution in [-0.2, 0) is 4.79 Å². The first-order chi connectivity index (χ1) is 6.61. The molecule has 0 fully saturated rings. The van der Waals surface area contributed by atoms with Gasteiger partial charge in [0.25, 0.3) is 0 Å². The van der Waals surface area contributed by atoms with Crippen LogP contribution in [0.25, 0.3) is 0 Å². The number of carbonyl (C=O) groups excluding carboxylic acids is 1. The van der Waals surface area contributed by atoms with Crippen molar-refractivity contribution in [1.82, 2.24) is 10.2 Å². The Hall–Kier alpha value is -0.610. The first-order valence-electron chi connectivity index (χ1n) is 5.37. The van der Waals surface area contributed by atoms with Gasteiger partial charge >= 0.3 is 0 Å². The molecule has 1 atom stereocenters. The van der Waals surface area contributed by atoms with Crippen LogP contribution in [-0.4, -0.2) is 43.0 Å². The summed E-state index contributed by atoms with van der Waals surface area (Å²) < 4.78 is 0. The van der Waals surface area contributed by atoms with Crippen molar-refractivity contribution in [1.29, 1.82) is 0 Å². The second kappa shape index (κ2) is 7.76. The van der Waals surface area contributed by atoms with Crippen LogP contribution in [0.5, 0.6) is 0 Å². The fourth-order valence-electron chi connectivity index (χ4n) is 1.22. The molecule has 1 amide bonds. The van der Waals surface area contributed by atoms with Crippen molar-refractivity contribution in [2.45, 2.75) is 33.2 Å². The highest BCUT2D eigenvalue weighted by Crippen LogP contribution is 1.89. The minimum atomic E-state index is -0.400. The van der Waals surface area contributed by atoms with E-state index in [2.05, 4.69) is 24.1 Å². The maximum absolute atomic E-state index is 11.1. The van der Waals surface area contributed by atoms with Crippen LogP contribution in [0.15, 0.2) is 0 Å². The van der Waals surface area contributed by atoms with E-state index in [1.807, 2.05) is 0 Å². The molecular formula is C10H23N3O. The minimum absolute atomic E-state index is 0.0652. The van der Waals surface area contributed by atoms with Crippen molar-refractivity contribution in [3.05, 3.63) is 0 Å². The summed E-state index contributed by atoms with van der Waals surface area (Å²) >= 11 is 0. The Kier molecular flexibility index (Phi) is 7.42. The predicted octanol–water partition coefficient (Wildman–Crippen LogP) is 0.182. The van der Waals surface area contributed by atoms with E-state index in [4.69, 9.17) is 5.73 Å². The molecule has 3 N–H and O–H groups in total. The molecule has 0 radical (unpaired) electrons. The number of amides is 1. The summed E-state index contributed by atoms with van der Waals surface area (Å²) in [6.07, 6.45) is 0.986. The van der Waals surface area contributed by atoms with E-state index >= 15 is 0 Å². The van der Waals surface area contributed by atoms with Crippen molar-refractivity contribution in [2.75, 3.05) is 26.2 Å². The summed E-state index contributed by atoms with van der Waals surface area (Å²) in [7, 11) is 0. The lowest BCUT2D eigenvalue weighted by Crippen LogP contribution is -2.39. The van der Waals surface area contributed by atoms with Gasteiger partial charge in [-0.25, -0.2) is 0 Å². The first kappa shape index (κ1) is 13.4. The fraction of sp³-hybridized carbons (Fsp3) is 0.900. The van der Waals surface area contributed by atoms with Crippen LogP contribution < -0.4 is 11.1 Å². The van der Waals surface area contributed by atoms with Gasteiger partial charge in [0.05, 0.1) is 6.04 Å². The van der Waals surface area contributed by atoms with Gasteiger partial charge in [0.2, 0.25) is 5.91 Å². The molecule has 0 aliphatic carbocycles. The molecule has 0 aromatic heterocycles. The highest BCUT2D eigenvalue weighted by molar-refractivity contribution is 5.80. The van der Waals surface area contributed by atoms with Gasteiger partial charge in [-0.1, -0.05) is 13.8 Å². The first-order valence-corrected chi connectivity index (χ1v) is 5.37. The summed E-state index contributed by atoms with van der Waals surface area (Å²) in [6.45, 7) is 9.87. The molecule has 0 heterocycles. The molecule has 0 aliphatic heterocycles. The lowest BCUT2D eigenvalue weighted by atomic mass is 10.3. The lowest BCUT2D eigenvalue weighted by molar-refractivity contribution is -0.121. The van der Waals surface area contributed by atoms with Crippen molar-refractivity contribution in [3.63, 3.8) is 0 Å². The van der Waals surface area contributed by atoms with E-state index in [9.17, 15) is 4.79 Å². The average Bonchev–Trinajstić information content (AvgIpc) is 2.17. The van der Waals surface area contributed by atoms with Gasteiger partial charge in [-0.2, -0.15) is 0 Å². The Morgan fingerprint density at radius 2 is 2.00 bits per heavy atom. The third-order valence-electron chi connectivity index (χ3n) is 2.26. The van der Waals surface area contributed by atoms with E-state index in [1.54, 1.807) is 6.92 Å². The van der Waals surface area contributed by atoms with E-state index in [-0.39, 0.29) is 5.91 Å². The number of rotatable bonds is 7. The van der Waals surface area contributed by atoms with E-state index in [0.29, 0.717) is 0 Å². The second-order valence-corrected chi connectivity index (χ2v) is 3.46. The average molecular weight is 201 g/mol. The van der Waals surface area contributed by atoms with Crippen molar-refractivity contribution in [2.24, 2.45) is 5.73 Å². The quantitative estimate of drug-likeness (QED) is 0.578. The van der Waals surface area contributed by atoms with Gasteiger partial charge in [-0.15, -0.1) is 0 Å². The van der Waals surface area contributed by atoms with Gasteiger partial charge in [0, 0.05) is 6.54 Å². The zero-order chi connectivity index (χ0) is 11.0. The predicted molar refractivity (Wildman–Crippen MR) is 59.1 cm³/mol. The number of hydrogen-bond donors (Lipinski definition) is 2. The maximum Gasteiger partial charge on any atom is 0.236 e. The van der Waals surface area contributed by atoms with Gasteiger partial charge in [-0.05, 0) is 33.0 Å². The molecule has 0 aromatic carbocycles. The Morgan fingerprint density at radius 3 is 2.43 bits per heavy atom. The highest BCUT2D eigenvalue weighted by atomic mass is 16.2. The van der Waals surface area contributed by atoms with Crippen LogP contribution in [0.1, 0.15) is 27.2 Å². The minimum Gasteiger partial charge on any atom is -0.355 e. The Labute approximate surface area is 86.8 Å². The molecule has 0 aliphatic rings. The van der Waals surface area contributed by atoms with Gasteiger partial charge in [0.15, 0.2) is 0 Å². The number of carbonyl (C=O) groups is 1. The molecule has 0 aromatic rings. The van der Waals surface area contributed by atoms with E-state index in [0.717, 1.165) is 32.6 Å². The highest BCUT2D eigenvalue weighted by Gasteiger charge is 2.05. The van der Waals surface area contributed by atoms with Gasteiger partial charge in [0.1, 0.15) is 0 Å². The molecule has 4 nitrogen and oxygen atoms in total. The van der Waals surface area contributed by atoms with Gasteiger partial charge < -0.3 is 16.0 Å². The Balaban J connectivity index is 3.41. The van der Waals surface area contributed by atoms with Crippen LogP contribution in [0.2, 0.25) is 0 Å². The number of hydrogen-bond acceptors (Lipinski definition) is 3. The van der Waals surface area contributed by atoms with Crippen molar-refractivity contribution in [3.8, 4) is 0 Å². The molecule has 4 heteroatoms. The third-order valence-corrected chi connectivity index (χ3v) is 2.26. The monoisotopic (exact) mass is 201 g/mol. The van der Waals surface area contributed by atoms with Crippen LogP contribution in [0.4, 0.5) is 0 Å². The molecule has 0 spiro atoms. The summed E-state index contributed by atoms with van der Waals surface area (Å²) in [5, 5.41) is 2.80. The normalized spacial score (nSPS) is 12.9.